The molecule has 116 valence electrons. The summed E-state index contributed by atoms with van der Waals surface area (Å²) in [6, 6.07) is 12.3. The molecule has 1 unspecified atom stereocenters. The predicted octanol–water partition coefficient (Wildman–Crippen LogP) is 2.73. The number of aromatic nitrogens is 2. The van der Waals surface area contributed by atoms with Crippen LogP contribution in [0.1, 0.15) is 54.1 Å². The van der Waals surface area contributed by atoms with Gasteiger partial charge in [-0.05, 0) is 30.4 Å². The average Bonchev–Trinajstić information content (AvgIpc) is 2.96. The first-order valence-electron chi connectivity index (χ1n) is 7.74. The number of rotatable bonds is 4. The van der Waals surface area contributed by atoms with Crippen LogP contribution in [-0.2, 0) is 6.42 Å². The molecular formula is C17H22N4O. The Hall–Kier alpha value is -2.14. The first kappa shape index (κ1) is 14.8. The van der Waals surface area contributed by atoms with Crippen LogP contribution in [0.3, 0.4) is 0 Å². The molecule has 0 spiro atoms. The number of aryl methyl sites for hydroxylation is 1. The minimum Gasteiger partial charge on any atom is -0.274 e. The van der Waals surface area contributed by atoms with Gasteiger partial charge in [0.15, 0.2) is 0 Å². The van der Waals surface area contributed by atoms with Gasteiger partial charge in [-0.2, -0.15) is 5.10 Å². The van der Waals surface area contributed by atoms with Crippen molar-refractivity contribution in [2.24, 2.45) is 0 Å². The Morgan fingerprint density at radius 2 is 2.00 bits per heavy atom. The summed E-state index contributed by atoms with van der Waals surface area (Å²) >= 11 is 0. The second-order valence-electron chi connectivity index (χ2n) is 6.09. The monoisotopic (exact) mass is 298 g/mol. The molecule has 2 heterocycles. The van der Waals surface area contributed by atoms with Gasteiger partial charge < -0.3 is 0 Å². The lowest BCUT2D eigenvalue weighted by atomic mass is 10.1. The molecule has 0 saturated carbocycles. The first-order chi connectivity index (χ1) is 10.6. The summed E-state index contributed by atoms with van der Waals surface area (Å²) in [4.78, 5) is 12.3. The van der Waals surface area contributed by atoms with E-state index in [0.717, 1.165) is 18.5 Å². The van der Waals surface area contributed by atoms with E-state index in [9.17, 15) is 4.79 Å². The van der Waals surface area contributed by atoms with Crippen molar-refractivity contribution in [3.63, 3.8) is 0 Å². The Balaban J connectivity index is 1.83. The Morgan fingerprint density at radius 3 is 2.68 bits per heavy atom. The standard InChI is InChI=1S/C17H22N4O/c1-12(2)14-11-15-17(22)20(3)19-16(21(15)18-14)10-9-13-7-5-4-6-8-13/h4-8,11-12,16,19H,9-10H2,1-3H3. The van der Waals surface area contributed by atoms with Crippen LogP contribution in [0.2, 0.25) is 0 Å². The fourth-order valence-electron chi connectivity index (χ4n) is 2.74. The van der Waals surface area contributed by atoms with Crippen molar-refractivity contribution in [3.8, 4) is 0 Å². The minimum atomic E-state index is -0.0321. The van der Waals surface area contributed by atoms with Gasteiger partial charge >= 0.3 is 0 Å². The number of hydrogen-bond donors (Lipinski definition) is 1. The number of nitrogens with one attached hydrogen (secondary N) is 1. The summed E-state index contributed by atoms with van der Waals surface area (Å²) in [5.41, 5.74) is 6.15. The third-order valence-electron chi connectivity index (χ3n) is 4.06. The number of benzene rings is 1. The maximum atomic E-state index is 12.3. The van der Waals surface area contributed by atoms with Crippen LogP contribution in [-0.4, -0.2) is 27.7 Å². The van der Waals surface area contributed by atoms with Gasteiger partial charge in [-0.25, -0.2) is 10.1 Å². The molecule has 0 radical (unpaired) electrons. The zero-order valence-corrected chi connectivity index (χ0v) is 13.3. The van der Waals surface area contributed by atoms with E-state index in [1.165, 1.54) is 5.56 Å². The van der Waals surface area contributed by atoms with Crippen molar-refractivity contribution in [2.75, 3.05) is 7.05 Å². The topological polar surface area (TPSA) is 50.2 Å². The molecule has 1 amide bonds. The van der Waals surface area contributed by atoms with Gasteiger partial charge in [0.25, 0.3) is 5.91 Å². The zero-order valence-electron chi connectivity index (χ0n) is 13.3. The summed E-state index contributed by atoms with van der Waals surface area (Å²) in [5, 5.41) is 6.20. The van der Waals surface area contributed by atoms with E-state index in [2.05, 4.69) is 48.6 Å². The number of hydrazine groups is 1. The second kappa shape index (κ2) is 5.93. The van der Waals surface area contributed by atoms with Crippen LogP contribution in [0.4, 0.5) is 0 Å². The van der Waals surface area contributed by atoms with E-state index in [-0.39, 0.29) is 12.1 Å². The molecule has 1 aromatic heterocycles. The molecule has 22 heavy (non-hydrogen) atoms. The number of nitrogens with zero attached hydrogens (tertiary/aromatic N) is 3. The first-order valence-corrected chi connectivity index (χ1v) is 7.74. The molecule has 0 fully saturated rings. The van der Waals surface area contributed by atoms with Crippen molar-refractivity contribution < 1.29 is 4.79 Å². The highest BCUT2D eigenvalue weighted by Crippen LogP contribution is 2.24. The summed E-state index contributed by atoms with van der Waals surface area (Å²) < 4.78 is 1.85. The van der Waals surface area contributed by atoms with Crippen LogP contribution < -0.4 is 5.43 Å². The number of amides is 1. The lowest BCUT2D eigenvalue weighted by Gasteiger charge is -2.32. The van der Waals surface area contributed by atoms with Crippen LogP contribution >= 0.6 is 0 Å². The van der Waals surface area contributed by atoms with E-state index in [0.29, 0.717) is 11.6 Å². The summed E-state index contributed by atoms with van der Waals surface area (Å²) in [5.74, 6) is 0.279. The molecule has 1 aliphatic rings. The van der Waals surface area contributed by atoms with E-state index in [1.807, 2.05) is 16.8 Å². The Bertz CT molecular complexity index is 663. The quantitative estimate of drug-likeness (QED) is 0.944. The van der Waals surface area contributed by atoms with E-state index in [4.69, 9.17) is 0 Å². The maximum Gasteiger partial charge on any atom is 0.286 e. The molecule has 3 rings (SSSR count). The van der Waals surface area contributed by atoms with Gasteiger partial charge in [0.05, 0.1) is 5.69 Å². The summed E-state index contributed by atoms with van der Waals surface area (Å²) in [6.07, 6.45) is 1.83. The van der Waals surface area contributed by atoms with Gasteiger partial charge in [0, 0.05) is 7.05 Å². The van der Waals surface area contributed by atoms with Crippen molar-refractivity contribution in [1.82, 2.24) is 20.2 Å². The lowest BCUT2D eigenvalue weighted by Crippen LogP contribution is -2.50. The Kier molecular flexibility index (Phi) is 3.98. The van der Waals surface area contributed by atoms with E-state index < -0.39 is 0 Å². The maximum absolute atomic E-state index is 12.3. The van der Waals surface area contributed by atoms with Gasteiger partial charge in [0.1, 0.15) is 11.9 Å². The third-order valence-corrected chi connectivity index (χ3v) is 4.06. The molecule has 1 atom stereocenters. The molecule has 5 heteroatoms. The molecule has 1 aliphatic heterocycles. The van der Waals surface area contributed by atoms with Crippen LogP contribution in [0.15, 0.2) is 36.4 Å². The van der Waals surface area contributed by atoms with Gasteiger partial charge in [-0.1, -0.05) is 44.2 Å². The fourth-order valence-corrected chi connectivity index (χ4v) is 2.74. The molecule has 0 bridgehead atoms. The predicted molar refractivity (Wildman–Crippen MR) is 85.3 cm³/mol. The summed E-state index contributed by atoms with van der Waals surface area (Å²) in [7, 11) is 1.77. The fraction of sp³-hybridized carbons (Fsp3) is 0.412. The average molecular weight is 298 g/mol. The molecule has 1 N–H and O–H groups in total. The number of carbonyl (C=O) groups excluding carboxylic acids is 1. The molecule has 0 aliphatic carbocycles. The van der Waals surface area contributed by atoms with Crippen molar-refractivity contribution in [1.29, 1.82) is 0 Å². The Morgan fingerprint density at radius 1 is 1.27 bits per heavy atom. The van der Waals surface area contributed by atoms with Gasteiger partial charge in [-0.15, -0.1) is 0 Å². The van der Waals surface area contributed by atoms with Crippen LogP contribution in [0, 0.1) is 0 Å². The van der Waals surface area contributed by atoms with Crippen LogP contribution in [0.25, 0.3) is 0 Å². The van der Waals surface area contributed by atoms with Crippen molar-refractivity contribution in [2.45, 2.75) is 38.8 Å². The highest BCUT2D eigenvalue weighted by Gasteiger charge is 2.30. The Labute approximate surface area is 130 Å². The number of carbonyl (C=O) groups is 1. The van der Waals surface area contributed by atoms with E-state index in [1.54, 1.807) is 12.1 Å². The summed E-state index contributed by atoms with van der Waals surface area (Å²) in [6.45, 7) is 4.18. The highest BCUT2D eigenvalue weighted by molar-refractivity contribution is 5.92. The molecule has 1 aromatic carbocycles. The lowest BCUT2D eigenvalue weighted by molar-refractivity contribution is 0.0521. The third kappa shape index (κ3) is 2.76. The number of hydrogen-bond acceptors (Lipinski definition) is 3. The second-order valence-corrected chi connectivity index (χ2v) is 6.09. The number of fused-ring (bicyclic) bond motifs is 1. The van der Waals surface area contributed by atoms with Crippen molar-refractivity contribution >= 4 is 5.91 Å². The van der Waals surface area contributed by atoms with E-state index >= 15 is 0 Å². The molecular weight excluding hydrogens is 276 g/mol. The minimum absolute atomic E-state index is 0.00501. The largest absolute Gasteiger partial charge is 0.286 e. The normalized spacial score (nSPS) is 17.9. The van der Waals surface area contributed by atoms with Crippen LogP contribution in [0.5, 0.6) is 0 Å². The van der Waals surface area contributed by atoms with Crippen molar-refractivity contribution in [3.05, 3.63) is 53.3 Å². The van der Waals surface area contributed by atoms with Gasteiger partial charge in [-0.3, -0.25) is 9.80 Å². The molecule has 5 nitrogen and oxygen atoms in total. The zero-order chi connectivity index (χ0) is 15.7. The SMILES string of the molecule is CC(C)c1cc2n(n1)C(CCc1ccccc1)NN(C)C2=O. The molecule has 2 aromatic rings. The highest BCUT2D eigenvalue weighted by atomic mass is 16.2. The smallest absolute Gasteiger partial charge is 0.274 e. The molecule has 0 saturated heterocycles. The van der Waals surface area contributed by atoms with Gasteiger partial charge in [0.2, 0.25) is 0 Å².